The van der Waals surface area contributed by atoms with Gasteiger partial charge in [-0.2, -0.15) is 0 Å². The summed E-state index contributed by atoms with van der Waals surface area (Å²) in [5.74, 6) is 0. The van der Waals surface area contributed by atoms with Gasteiger partial charge in [-0.1, -0.05) is 115 Å². The minimum atomic E-state index is 1.10. The molecule has 0 unspecified atom stereocenters. The van der Waals surface area contributed by atoms with E-state index >= 15 is 0 Å². The van der Waals surface area contributed by atoms with Crippen molar-refractivity contribution in [2.45, 2.75) is 0 Å². The van der Waals surface area contributed by atoms with E-state index in [1.54, 1.807) is 0 Å². The van der Waals surface area contributed by atoms with Gasteiger partial charge in [-0.3, -0.25) is 0 Å². The van der Waals surface area contributed by atoms with Crippen molar-refractivity contribution in [3.8, 4) is 22.3 Å². The molecule has 0 spiro atoms. The second-order valence-corrected chi connectivity index (χ2v) is 8.31. The Kier molecular flexibility index (Phi) is 4.86. The SMILES string of the molecule is c1ccc(-c2ccc(Nc3cc4ccccc4c4ccccc34)c(-c3ccccc3)c2)cc1. The van der Waals surface area contributed by atoms with Crippen LogP contribution in [0.25, 0.3) is 43.8 Å². The lowest BCUT2D eigenvalue weighted by Crippen LogP contribution is -1.96. The summed E-state index contributed by atoms with van der Waals surface area (Å²) in [5, 5.41) is 8.79. The molecule has 33 heavy (non-hydrogen) atoms. The molecule has 1 nitrogen and oxygen atoms in total. The average Bonchev–Trinajstić information content (AvgIpc) is 2.90. The van der Waals surface area contributed by atoms with Crippen LogP contribution in [0.1, 0.15) is 0 Å². The maximum atomic E-state index is 3.78. The van der Waals surface area contributed by atoms with Crippen molar-refractivity contribution in [3.05, 3.63) is 133 Å². The van der Waals surface area contributed by atoms with Gasteiger partial charge in [0.2, 0.25) is 0 Å². The molecule has 6 aromatic carbocycles. The van der Waals surface area contributed by atoms with E-state index in [-0.39, 0.29) is 0 Å². The molecular formula is C32H23N. The predicted molar refractivity (Wildman–Crippen MR) is 142 cm³/mol. The zero-order chi connectivity index (χ0) is 22.0. The van der Waals surface area contributed by atoms with E-state index in [0.29, 0.717) is 0 Å². The molecule has 1 heteroatoms. The molecule has 0 radical (unpaired) electrons. The standard InChI is InChI=1S/C32H23N/c1-3-11-23(12-4-1)25-19-20-31(30(21-25)24-13-5-2-6-14-24)33-32-22-26-15-7-8-16-27(26)28-17-9-10-18-29(28)32/h1-22,33H. The van der Waals surface area contributed by atoms with Crippen molar-refractivity contribution in [3.63, 3.8) is 0 Å². The quantitative estimate of drug-likeness (QED) is 0.280. The summed E-state index contributed by atoms with van der Waals surface area (Å²) in [6.45, 7) is 0. The van der Waals surface area contributed by atoms with E-state index in [4.69, 9.17) is 0 Å². The van der Waals surface area contributed by atoms with Gasteiger partial charge in [0.25, 0.3) is 0 Å². The van der Waals surface area contributed by atoms with Gasteiger partial charge in [0.05, 0.1) is 0 Å². The highest BCUT2D eigenvalue weighted by Crippen LogP contribution is 2.38. The van der Waals surface area contributed by atoms with E-state index in [1.807, 2.05) is 0 Å². The predicted octanol–water partition coefficient (Wildman–Crippen LogP) is 9.07. The Hall–Kier alpha value is -4.36. The van der Waals surface area contributed by atoms with Gasteiger partial charge in [0.1, 0.15) is 0 Å². The molecule has 0 saturated carbocycles. The van der Waals surface area contributed by atoms with Gasteiger partial charge >= 0.3 is 0 Å². The second-order valence-electron chi connectivity index (χ2n) is 8.31. The highest BCUT2D eigenvalue weighted by atomic mass is 14.9. The number of anilines is 2. The Bertz CT molecular complexity index is 1570. The monoisotopic (exact) mass is 421 g/mol. The molecule has 0 aromatic heterocycles. The molecule has 6 rings (SSSR count). The Morgan fingerprint density at radius 1 is 0.364 bits per heavy atom. The number of rotatable bonds is 4. The molecule has 0 atom stereocenters. The number of nitrogens with one attached hydrogen (secondary N) is 1. The fourth-order valence-corrected chi connectivity index (χ4v) is 4.62. The van der Waals surface area contributed by atoms with E-state index < -0.39 is 0 Å². The number of fused-ring (bicyclic) bond motifs is 3. The first-order valence-electron chi connectivity index (χ1n) is 11.3. The van der Waals surface area contributed by atoms with Crippen molar-refractivity contribution in [1.29, 1.82) is 0 Å². The molecule has 6 aromatic rings. The Balaban J connectivity index is 1.53. The van der Waals surface area contributed by atoms with Crippen LogP contribution in [0.3, 0.4) is 0 Å². The molecule has 0 aliphatic heterocycles. The second kappa shape index (κ2) is 8.29. The Morgan fingerprint density at radius 3 is 1.73 bits per heavy atom. The molecule has 0 bridgehead atoms. The summed E-state index contributed by atoms with van der Waals surface area (Å²) in [6, 6.07) is 47.3. The lowest BCUT2D eigenvalue weighted by atomic mass is 9.96. The summed E-state index contributed by atoms with van der Waals surface area (Å²) in [6.07, 6.45) is 0. The molecule has 0 amide bonds. The van der Waals surface area contributed by atoms with E-state index in [1.165, 1.54) is 43.8 Å². The van der Waals surface area contributed by atoms with E-state index in [0.717, 1.165) is 11.4 Å². The van der Waals surface area contributed by atoms with Crippen molar-refractivity contribution >= 4 is 32.9 Å². The van der Waals surface area contributed by atoms with Gasteiger partial charge < -0.3 is 5.32 Å². The minimum Gasteiger partial charge on any atom is -0.354 e. The van der Waals surface area contributed by atoms with E-state index in [2.05, 4.69) is 139 Å². The van der Waals surface area contributed by atoms with Crippen LogP contribution in [0.4, 0.5) is 11.4 Å². The van der Waals surface area contributed by atoms with Crippen molar-refractivity contribution in [2.24, 2.45) is 0 Å². The number of benzene rings is 6. The Labute approximate surface area is 194 Å². The molecule has 0 fully saturated rings. The van der Waals surface area contributed by atoms with Crippen molar-refractivity contribution < 1.29 is 0 Å². The van der Waals surface area contributed by atoms with Crippen LogP contribution in [0, 0.1) is 0 Å². The maximum Gasteiger partial charge on any atom is 0.0470 e. The zero-order valence-corrected chi connectivity index (χ0v) is 18.2. The maximum absolute atomic E-state index is 3.78. The van der Waals surface area contributed by atoms with Crippen molar-refractivity contribution in [2.75, 3.05) is 5.32 Å². The Morgan fingerprint density at radius 2 is 0.970 bits per heavy atom. The summed E-state index contributed by atoms with van der Waals surface area (Å²) in [5.41, 5.74) is 7.04. The lowest BCUT2D eigenvalue weighted by molar-refractivity contribution is 1.54. The molecule has 0 aliphatic rings. The average molecular weight is 422 g/mol. The first kappa shape index (κ1) is 19.3. The van der Waals surface area contributed by atoms with Gasteiger partial charge in [0.15, 0.2) is 0 Å². The van der Waals surface area contributed by atoms with Crippen LogP contribution in [0.15, 0.2) is 133 Å². The van der Waals surface area contributed by atoms with Crippen LogP contribution in [-0.2, 0) is 0 Å². The summed E-state index contributed by atoms with van der Waals surface area (Å²) < 4.78 is 0. The summed E-state index contributed by atoms with van der Waals surface area (Å²) >= 11 is 0. The third-order valence-electron chi connectivity index (χ3n) is 6.25. The van der Waals surface area contributed by atoms with Gasteiger partial charge in [-0.05, 0) is 51.0 Å². The van der Waals surface area contributed by atoms with E-state index in [9.17, 15) is 0 Å². The molecule has 0 saturated heterocycles. The normalized spacial score (nSPS) is 11.0. The van der Waals surface area contributed by atoms with Gasteiger partial charge in [-0.25, -0.2) is 0 Å². The summed E-state index contributed by atoms with van der Waals surface area (Å²) in [7, 11) is 0. The third-order valence-corrected chi connectivity index (χ3v) is 6.25. The highest BCUT2D eigenvalue weighted by molar-refractivity contribution is 6.13. The first-order valence-corrected chi connectivity index (χ1v) is 11.3. The smallest absolute Gasteiger partial charge is 0.0470 e. The molecule has 0 heterocycles. The third kappa shape index (κ3) is 3.64. The number of hydrogen-bond donors (Lipinski definition) is 1. The zero-order valence-electron chi connectivity index (χ0n) is 18.2. The van der Waals surface area contributed by atoms with Crippen LogP contribution in [0.2, 0.25) is 0 Å². The van der Waals surface area contributed by atoms with Crippen LogP contribution in [0.5, 0.6) is 0 Å². The number of hydrogen-bond acceptors (Lipinski definition) is 1. The van der Waals surface area contributed by atoms with Crippen molar-refractivity contribution in [1.82, 2.24) is 0 Å². The first-order chi connectivity index (χ1) is 16.4. The lowest BCUT2D eigenvalue weighted by Gasteiger charge is -2.17. The van der Waals surface area contributed by atoms with Crippen LogP contribution in [-0.4, -0.2) is 0 Å². The highest BCUT2D eigenvalue weighted by Gasteiger charge is 2.11. The largest absolute Gasteiger partial charge is 0.354 e. The fourth-order valence-electron chi connectivity index (χ4n) is 4.62. The van der Waals surface area contributed by atoms with Crippen LogP contribution >= 0.6 is 0 Å². The van der Waals surface area contributed by atoms with Gasteiger partial charge in [0, 0.05) is 22.3 Å². The summed E-state index contributed by atoms with van der Waals surface area (Å²) in [4.78, 5) is 0. The molecular weight excluding hydrogens is 398 g/mol. The topological polar surface area (TPSA) is 12.0 Å². The minimum absolute atomic E-state index is 1.10. The van der Waals surface area contributed by atoms with Gasteiger partial charge in [-0.15, -0.1) is 0 Å². The fraction of sp³-hybridized carbons (Fsp3) is 0. The molecule has 156 valence electrons. The van der Waals surface area contributed by atoms with Crippen LogP contribution < -0.4 is 5.32 Å². The molecule has 0 aliphatic carbocycles. The molecule has 1 N–H and O–H groups in total.